The number of nitriles is 1. The van der Waals surface area contributed by atoms with Crippen molar-refractivity contribution in [2.75, 3.05) is 20.6 Å². The van der Waals surface area contributed by atoms with Gasteiger partial charge in [-0.2, -0.15) is 23.5 Å². The molecule has 1 aliphatic carbocycles. The van der Waals surface area contributed by atoms with E-state index < -0.39 is 23.2 Å². The van der Waals surface area contributed by atoms with E-state index in [-0.39, 0.29) is 40.0 Å². The predicted molar refractivity (Wildman–Crippen MR) is 184 cm³/mol. The van der Waals surface area contributed by atoms with Gasteiger partial charge in [0, 0.05) is 25.1 Å². The number of nitrogens with one attached hydrogen (secondary N) is 1. The van der Waals surface area contributed by atoms with E-state index in [9.17, 15) is 28.0 Å². The van der Waals surface area contributed by atoms with Crippen molar-refractivity contribution in [1.82, 2.24) is 24.5 Å². The van der Waals surface area contributed by atoms with Crippen LogP contribution >= 0.6 is 0 Å². The predicted octanol–water partition coefficient (Wildman–Crippen LogP) is 3.41. The van der Waals surface area contributed by atoms with Crippen LogP contribution in [0.1, 0.15) is 58.3 Å². The summed E-state index contributed by atoms with van der Waals surface area (Å²) >= 11 is 0. The number of hydrogen-bond donors (Lipinski definition) is 1. The van der Waals surface area contributed by atoms with Crippen molar-refractivity contribution in [1.29, 1.82) is 5.26 Å². The molecule has 13 heteroatoms. The maximum atomic E-state index is 14.2. The van der Waals surface area contributed by atoms with Gasteiger partial charge < -0.3 is 26.8 Å². The van der Waals surface area contributed by atoms with Gasteiger partial charge in [0.25, 0.3) is 11.5 Å². The minimum absolute atomic E-state index is 0. The highest BCUT2D eigenvalue weighted by molar-refractivity contribution is 6.00. The Labute approximate surface area is 304 Å². The summed E-state index contributed by atoms with van der Waals surface area (Å²) in [6, 6.07) is 23.8. The Morgan fingerprint density at radius 1 is 1.02 bits per heavy atom. The van der Waals surface area contributed by atoms with Gasteiger partial charge in [0.05, 0.1) is 61.1 Å². The van der Waals surface area contributed by atoms with Crippen molar-refractivity contribution in [2.45, 2.75) is 50.9 Å². The minimum atomic E-state index is -4.63. The fourth-order valence-electron chi connectivity index (χ4n) is 6.85. The summed E-state index contributed by atoms with van der Waals surface area (Å²) in [5.41, 5.74) is 1.90. The number of likely N-dealkylation sites (N-methyl/N-ethyl adjacent to an activating group) is 1. The van der Waals surface area contributed by atoms with Crippen LogP contribution in [0.15, 0.2) is 89.9 Å². The molecule has 1 N–H and O–H groups in total. The lowest BCUT2D eigenvalue weighted by molar-refractivity contribution is -0.903. The zero-order valence-electron chi connectivity index (χ0n) is 28.6. The van der Waals surface area contributed by atoms with Crippen LogP contribution in [0.2, 0.25) is 0 Å². The van der Waals surface area contributed by atoms with Gasteiger partial charge in [-0.25, -0.2) is 9.36 Å². The first-order chi connectivity index (χ1) is 23.9. The van der Waals surface area contributed by atoms with Crippen LogP contribution in [0.3, 0.4) is 0 Å². The second-order valence-corrected chi connectivity index (χ2v) is 13.5. The first-order valence-electron chi connectivity index (χ1n) is 16.6. The number of alkyl halides is 3. The van der Waals surface area contributed by atoms with Crippen molar-refractivity contribution < 1.29 is 39.4 Å². The molecule has 6 rings (SSSR count). The number of nitrogens with zero attached hydrogens (tertiary/aromatic N) is 6. The van der Waals surface area contributed by atoms with Crippen molar-refractivity contribution in [3.8, 4) is 28.8 Å². The number of aromatic nitrogens is 4. The van der Waals surface area contributed by atoms with Crippen LogP contribution in [0.5, 0.6) is 0 Å². The van der Waals surface area contributed by atoms with Crippen LogP contribution in [-0.4, -0.2) is 56.2 Å². The second-order valence-electron chi connectivity index (χ2n) is 13.5. The van der Waals surface area contributed by atoms with Gasteiger partial charge in [-0.1, -0.05) is 49.2 Å². The molecule has 266 valence electrons. The van der Waals surface area contributed by atoms with Gasteiger partial charge in [0.15, 0.2) is 0 Å². The Morgan fingerprint density at radius 3 is 2.43 bits per heavy atom. The molecule has 5 aromatic rings. The Hall–Kier alpha value is -4.93. The molecule has 0 aliphatic heterocycles. The number of halogens is 4. The number of carbonyl (C=O) groups excluding carboxylic acids is 1. The van der Waals surface area contributed by atoms with E-state index in [2.05, 4.69) is 42.7 Å². The number of benzene rings is 3. The highest BCUT2D eigenvalue weighted by Gasteiger charge is 2.33. The van der Waals surface area contributed by atoms with E-state index in [0.717, 1.165) is 61.2 Å². The molecular weight excluding hydrogens is 723 g/mol. The topological polar surface area (TPSA) is 97.6 Å². The lowest BCUT2D eigenvalue weighted by Crippen LogP contribution is -3.00. The van der Waals surface area contributed by atoms with E-state index in [1.165, 1.54) is 22.4 Å². The number of carbonyl (C=O) groups is 1. The first kappa shape index (κ1) is 37.3. The van der Waals surface area contributed by atoms with Crippen LogP contribution in [0, 0.1) is 11.3 Å². The van der Waals surface area contributed by atoms with Crippen molar-refractivity contribution >= 4 is 5.91 Å². The third-order valence-corrected chi connectivity index (χ3v) is 9.36. The van der Waals surface area contributed by atoms with Crippen molar-refractivity contribution in [3.63, 3.8) is 0 Å². The molecule has 0 spiro atoms. The van der Waals surface area contributed by atoms with Crippen LogP contribution < -0.4 is 27.9 Å². The molecule has 1 fully saturated rings. The molecular formula is C38H39BrF3N7O2. The molecule has 51 heavy (non-hydrogen) atoms. The molecule has 0 radical (unpaired) electrons. The fraction of sp³-hybridized carbons (Fsp3) is 0.316. The quantitative estimate of drug-likeness (QED) is 0.221. The van der Waals surface area contributed by atoms with Crippen LogP contribution in [0.25, 0.3) is 22.8 Å². The van der Waals surface area contributed by atoms with Gasteiger partial charge >= 0.3 is 6.18 Å². The van der Waals surface area contributed by atoms with Gasteiger partial charge in [-0.05, 0) is 60.9 Å². The molecule has 0 atom stereocenters. The van der Waals surface area contributed by atoms with Crippen LogP contribution in [0.4, 0.5) is 13.2 Å². The standard InChI is InChI=1S/C38H38F3N7O2.BrH/c1-45-35(34(36(49)44-30-13-7-8-14-30)37(50)47(45)31-15-9-12-29(23-31)38(39,40)41)33-18-20-43-46(33)32-17-16-27(24-42)22-28(32)19-21-48(2,3)25-26-10-5-4-6-11-26;/h4-6,9-12,15-18,20,22-23,30H,7-8,13-14,19,21,25H2,1-3H3;1H. The highest BCUT2D eigenvalue weighted by atomic mass is 79.9. The van der Waals surface area contributed by atoms with E-state index in [1.807, 2.05) is 24.3 Å². The van der Waals surface area contributed by atoms with Crippen LogP contribution in [-0.2, 0) is 26.2 Å². The normalized spacial score (nSPS) is 13.5. The molecule has 1 amide bonds. The van der Waals surface area contributed by atoms with Gasteiger partial charge in [-0.3, -0.25) is 14.3 Å². The van der Waals surface area contributed by atoms with Gasteiger partial charge in [0.1, 0.15) is 17.8 Å². The summed E-state index contributed by atoms with van der Waals surface area (Å²) in [6.07, 6.45) is 0.977. The zero-order valence-corrected chi connectivity index (χ0v) is 30.2. The summed E-state index contributed by atoms with van der Waals surface area (Å²) in [7, 11) is 5.83. The molecule has 2 aromatic heterocycles. The lowest BCUT2D eigenvalue weighted by Gasteiger charge is -2.30. The highest BCUT2D eigenvalue weighted by Crippen LogP contribution is 2.32. The SMILES string of the molecule is Cn1c(-c2ccnn2-c2ccc(C#N)cc2CC[N+](C)(C)Cc2ccccc2)c(C(=O)NC2CCCC2)c(=O)n1-c1cccc(C(F)(F)F)c1.[Br-]. The summed E-state index contributed by atoms with van der Waals surface area (Å²) < 4.78 is 46.0. The molecule has 2 heterocycles. The Balaban J connectivity index is 0.00000504. The average Bonchev–Trinajstić information content (AvgIpc) is 3.83. The molecule has 1 saturated carbocycles. The Bertz CT molecular complexity index is 2120. The first-order valence-corrected chi connectivity index (χ1v) is 16.6. The minimum Gasteiger partial charge on any atom is -1.00 e. The summed E-state index contributed by atoms with van der Waals surface area (Å²) in [6.45, 7) is 1.53. The van der Waals surface area contributed by atoms with Crippen molar-refractivity contribution in [2.24, 2.45) is 7.05 Å². The third kappa shape index (κ3) is 8.02. The number of amides is 1. The Morgan fingerprint density at radius 2 is 1.75 bits per heavy atom. The fourth-order valence-corrected chi connectivity index (χ4v) is 6.85. The maximum absolute atomic E-state index is 14.2. The third-order valence-electron chi connectivity index (χ3n) is 9.36. The average molecular weight is 763 g/mol. The monoisotopic (exact) mass is 761 g/mol. The molecule has 3 aromatic carbocycles. The van der Waals surface area contributed by atoms with E-state index in [1.54, 1.807) is 36.1 Å². The second kappa shape index (κ2) is 15.1. The van der Waals surface area contributed by atoms with E-state index >= 15 is 0 Å². The number of quaternary nitrogens is 1. The van der Waals surface area contributed by atoms with Gasteiger partial charge in [0.2, 0.25) is 0 Å². The Kier molecular flexibility index (Phi) is 11.1. The summed E-state index contributed by atoms with van der Waals surface area (Å²) in [5.74, 6) is -0.592. The van der Waals surface area contributed by atoms with Gasteiger partial charge in [-0.15, -0.1) is 0 Å². The van der Waals surface area contributed by atoms with Crippen molar-refractivity contribution in [3.05, 3.63) is 123 Å². The molecule has 9 nitrogen and oxygen atoms in total. The number of hydrogen-bond acceptors (Lipinski definition) is 4. The summed E-state index contributed by atoms with van der Waals surface area (Å²) in [5, 5.41) is 17.4. The largest absolute Gasteiger partial charge is 1.00 e. The molecule has 0 bridgehead atoms. The molecule has 0 unspecified atom stereocenters. The zero-order chi connectivity index (χ0) is 35.6. The number of rotatable bonds is 10. The molecule has 0 saturated heterocycles. The van der Waals surface area contributed by atoms with E-state index in [0.29, 0.717) is 27.8 Å². The lowest BCUT2D eigenvalue weighted by atomic mass is 10.0. The smallest absolute Gasteiger partial charge is 0.416 e. The van der Waals surface area contributed by atoms with E-state index in [4.69, 9.17) is 0 Å². The molecule has 1 aliphatic rings. The summed E-state index contributed by atoms with van der Waals surface area (Å²) in [4.78, 5) is 28.1. The maximum Gasteiger partial charge on any atom is 0.416 e.